The van der Waals surface area contributed by atoms with Crippen molar-refractivity contribution < 1.29 is 4.74 Å². The Balaban J connectivity index is 2.52. The van der Waals surface area contributed by atoms with Crippen LogP contribution in [-0.4, -0.2) is 29.5 Å². The number of aromatic nitrogens is 3. The monoisotopic (exact) mass is 199 g/mol. The Morgan fingerprint density at radius 1 is 1.40 bits per heavy atom. The minimum atomic E-state index is 0.437. The molecule has 0 amide bonds. The van der Waals surface area contributed by atoms with Gasteiger partial charge >= 0.3 is 0 Å². The molecule has 2 aromatic rings. The van der Waals surface area contributed by atoms with Crippen LogP contribution in [0.2, 0.25) is 0 Å². The van der Waals surface area contributed by atoms with E-state index >= 15 is 0 Å². The average Bonchev–Trinajstić information content (AvgIpc) is 2.64. The standard InChI is InChI=1S/C10H10BN3O/c1-7-5-14(6-12-7)8-3-4-9(11)13-10(8)15-2/h3-6H,1-2H3. The second-order valence-electron chi connectivity index (χ2n) is 3.19. The molecule has 0 atom stereocenters. The highest BCUT2D eigenvalue weighted by Gasteiger charge is 2.06. The van der Waals surface area contributed by atoms with Crippen molar-refractivity contribution in [3.63, 3.8) is 0 Å². The van der Waals surface area contributed by atoms with E-state index in [9.17, 15) is 0 Å². The number of nitrogens with zero attached hydrogens (tertiary/aromatic N) is 3. The summed E-state index contributed by atoms with van der Waals surface area (Å²) >= 11 is 0. The van der Waals surface area contributed by atoms with Gasteiger partial charge in [0.05, 0.1) is 19.1 Å². The average molecular weight is 199 g/mol. The summed E-state index contributed by atoms with van der Waals surface area (Å²) in [5.41, 5.74) is 2.20. The van der Waals surface area contributed by atoms with Crippen molar-refractivity contribution in [1.29, 1.82) is 0 Å². The molecule has 4 nitrogen and oxygen atoms in total. The number of hydrogen-bond donors (Lipinski definition) is 0. The summed E-state index contributed by atoms with van der Waals surface area (Å²) in [6.45, 7) is 1.92. The molecule has 15 heavy (non-hydrogen) atoms. The normalized spacial score (nSPS) is 10.3. The Morgan fingerprint density at radius 2 is 2.20 bits per heavy atom. The molecule has 5 heteroatoms. The van der Waals surface area contributed by atoms with Crippen LogP contribution < -0.4 is 10.3 Å². The van der Waals surface area contributed by atoms with Crippen LogP contribution in [0.4, 0.5) is 0 Å². The number of hydrogen-bond acceptors (Lipinski definition) is 3. The molecule has 0 unspecified atom stereocenters. The van der Waals surface area contributed by atoms with Crippen molar-refractivity contribution in [2.24, 2.45) is 0 Å². The first-order chi connectivity index (χ1) is 7.20. The van der Waals surface area contributed by atoms with Gasteiger partial charge in [-0.1, -0.05) is 0 Å². The highest BCUT2D eigenvalue weighted by Crippen LogP contribution is 2.17. The molecule has 2 rings (SSSR count). The minimum Gasteiger partial charge on any atom is -0.480 e. The number of pyridine rings is 1. The number of methoxy groups -OCH3 is 1. The Hall–Kier alpha value is -1.78. The molecule has 74 valence electrons. The van der Waals surface area contributed by atoms with Gasteiger partial charge in [-0.15, -0.1) is 0 Å². The van der Waals surface area contributed by atoms with Gasteiger partial charge in [-0.05, 0) is 24.6 Å². The van der Waals surface area contributed by atoms with E-state index in [0.717, 1.165) is 11.4 Å². The molecule has 0 saturated heterocycles. The zero-order chi connectivity index (χ0) is 10.8. The van der Waals surface area contributed by atoms with E-state index < -0.39 is 0 Å². The van der Waals surface area contributed by atoms with E-state index in [-0.39, 0.29) is 0 Å². The van der Waals surface area contributed by atoms with Gasteiger partial charge in [0.1, 0.15) is 13.5 Å². The second kappa shape index (κ2) is 3.77. The quantitative estimate of drug-likeness (QED) is 0.656. The maximum absolute atomic E-state index is 5.57. The lowest BCUT2D eigenvalue weighted by Gasteiger charge is -2.08. The van der Waals surface area contributed by atoms with Crippen molar-refractivity contribution in [3.8, 4) is 11.6 Å². The third-order valence-corrected chi connectivity index (χ3v) is 2.04. The third kappa shape index (κ3) is 1.86. The molecule has 2 aromatic heterocycles. The lowest BCUT2D eigenvalue weighted by molar-refractivity contribution is 0.397. The maximum Gasteiger partial charge on any atom is 0.237 e. The van der Waals surface area contributed by atoms with Gasteiger partial charge in [0.15, 0.2) is 0 Å². The Labute approximate surface area is 89.3 Å². The molecule has 0 aromatic carbocycles. The first-order valence-electron chi connectivity index (χ1n) is 4.52. The second-order valence-corrected chi connectivity index (χ2v) is 3.19. The molecule has 0 aliphatic heterocycles. The molecule has 0 fully saturated rings. The highest BCUT2D eigenvalue weighted by atomic mass is 16.5. The molecule has 0 saturated carbocycles. The minimum absolute atomic E-state index is 0.437. The number of rotatable bonds is 2. The largest absolute Gasteiger partial charge is 0.480 e. The van der Waals surface area contributed by atoms with Crippen LogP contribution >= 0.6 is 0 Å². The highest BCUT2D eigenvalue weighted by molar-refractivity contribution is 6.30. The van der Waals surface area contributed by atoms with Crippen molar-refractivity contribution in [3.05, 3.63) is 30.4 Å². The Kier molecular flexibility index (Phi) is 2.45. The van der Waals surface area contributed by atoms with Gasteiger partial charge in [0.2, 0.25) is 5.88 Å². The fourth-order valence-corrected chi connectivity index (χ4v) is 1.35. The maximum atomic E-state index is 5.57. The van der Waals surface area contributed by atoms with Gasteiger partial charge in [0, 0.05) is 6.20 Å². The van der Waals surface area contributed by atoms with Gasteiger partial charge in [-0.3, -0.25) is 0 Å². The summed E-state index contributed by atoms with van der Waals surface area (Å²) in [4.78, 5) is 8.22. The summed E-state index contributed by atoms with van der Waals surface area (Å²) in [6, 6.07) is 3.58. The molecule has 2 heterocycles. The lowest BCUT2D eigenvalue weighted by Crippen LogP contribution is -2.10. The fraction of sp³-hybridized carbons (Fsp3) is 0.200. The number of aryl methyl sites for hydroxylation is 1. The first-order valence-corrected chi connectivity index (χ1v) is 4.52. The first kappa shape index (κ1) is 9.77. The number of ether oxygens (including phenoxy) is 1. The topological polar surface area (TPSA) is 39.9 Å². The summed E-state index contributed by atoms with van der Waals surface area (Å²) in [7, 11) is 7.13. The van der Waals surface area contributed by atoms with Crippen LogP contribution in [0, 0.1) is 6.92 Å². The van der Waals surface area contributed by atoms with Gasteiger partial charge in [0.25, 0.3) is 0 Å². The molecule has 0 spiro atoms. The van der Waals surface area contributed by atoms with Gasteiger partial charge in [-0.25, -0.2) is 9.97 Å². The molecule has 2 radical (unpaired) electrons. The van der Waals surface area contributed by atoms with Crippen LogP contribution in [0.15, 0.2) is 24.7 Å². The lowest BCUT2D eigenvalue weighted by atomic mass is 10.0. The molecule has 0 N–H and O–H groups in total. The van der Waals surface area contributed by atoms with Gasteiger partial charge in [-0.2, -0.15) is 0 Å². The van der Waals surface area contributed by atoms with Crippen molar-refractivity contribution in [1.82, 2.24) is 14.5 Å². The van der Waals surface area contributed by atoms with Gasteiger partial charge < -0.3 is 9.30 Å². The fourth-order valence-electron chi connectivity index (χ4n) is 1.35. The van der Waals surface area contributed by atoms with Crippen LogP contribution in [0.25, 0.3) is 5.69 Å². The summed E-state index contributed by atoms with van der Waals surface area (Å²) < 4.78 is 7.00. The van der Waals surface area contributed by atoms with Crippen LogP contribution in [0.1, 0.15) is 5.69 Å². The van der Waals surface area contributed by atoms with E-state index in [1.807, 2.05) is 23.8 Å². The van der Waals surface area contributed by atoms with E-state index in [1.165, 1.54) is 0 Å². The van der Waals surface area contributed by atoms with Crippen LogP contribution in [0.3, 0.4) is 0 Å². The predicted octanol–water partition coefficient (Wildman–Crippen LogP) is 0.378. The van der Waals surface area contributed by atoms with Crippen LogP contribution in [0.5, 0.6) is 5.88 Å². The van der Waals surface area contributed by atoms with E-state index in [1.54, 1.807) is 19.5 Å². The number of imidazole rings is 1. The van der Waals surface area contributed by atoms with Crippen molar-refractivity contribution in [2.75, 3.05) is 7.11 Å². The van der Waals surface area contributed by atoms with Crippen LogP contribution in [-0.2, 0) is 0 Å². The van der Waals surface area contributed by atoms with E-state index in [0.29, 0.717) is 11.5 Å². The van der Waals surface area contributed by atoms with Crippen molar-refractivity contribution in [2.45, 2.75) is 6.92 Å². The van der Waals surface area contributed by atoms with Crippen molar-refractivity contribution >= 4 is 13.4 Å². The molecule has 0 aliphatic rings. The third-order valence-electron chi connectivity index (χ3n) is 2.04. The van der Waals surface area contributed by atoms with E-state index in [2.05, 4.69) is 9.97 Å². The Morgan fingerprint density at radius 3 is 2.80 bits per heavy atom. The molecule has 0 aliphatic carbocycles. The summed E-state index contributed by atoms with van der Waals surface area (Å²) in [6.07, 6.45) is 3.61. The molecular weight excluding hydrogens is 189 g/mol. The smallest absolute Gasteiger partial charge is 0.237 e. The predicted molar refractivity (Wildman–Crippen MR) is 58.0 cm³/mol. The SMILES string of the molecule is [B]c1ccc(-n2cnc(C)c2)c(OC)n1. The van der Waals surface area contributed by atoms with E-state index in [4.69, 9.17) is 12.6 Å². The molecular formula is C10H10BN3O. The zero-order valence-electron chi connectivity index (χ0n) is 8.64. The summed E-state index contributed by atoms with van der Waals surface area (Å²) in [5.74, 6) is 0.493. The Bertz CT molecular complexity index is 481. The molecule has 0 bridgehead atoms. The zero-order valence-corrected chi connectivity index (χ0v) is 8.64. The summed E-state index contributed by atoms with van der Waals surface area (Å²) in [5, 5.41) is 0.